The van der Waals surface area contributed by atoms with Crippen molar-refractivity contribution in [1.82, 2.24) is 10.2 Å². The molecule has 3 fully saturated rings. The van der Waals surface area contributed by atoms with Crippen molar-refractivity contribution in [1.29, 1.82) is 0 Å². The number of nitrogens with zero attached hydrogens (tertiary/aromatic N) is 1. The molecular formula is C16H30N2O. The first-order valence-electron chi connectivity index (χ1n) is 8.26. The molecule has 3 aliphatic rings. The largest absolute Gasteiger partial charge is 0.372 e. The zero-order valence-electron chi connectivity index (χ0n) is 12.7. The van der Waals surface area contributed by atoms with Crippen LogP contribution >= 0.6 is 0 Å². The summed E-state index contributed by atoms with van der Waals surface area (Å²) < 4.78 is 5.97. The van der Waals surface area contributed by atoms with Crippen molar-refractivity contribution in [2.24, 2.45) is 5.41 Å². The summed E-state index contributed by atoms with van der Waals surface area (Å²) in [6, 6.07) is 0.610. The van der Waals surface area contributed by atoms with Gasteiger partial charge in [-0.15, -0.1) is 0 Å². The Kier molecular flexibility index (Phi) is 4.16. The number of nitrogens with one attached hydrogen (secondary N) is 1. The highest BCUT2D eigenvalue weighted by Gasteiger charge is 2.40. The van der Waals surface area contributed by atoms with Crippen molar-refractivity contribution >= 4 is 0 Å². The van der Waals surface area contributed by atoms with Crippen molar-refractivity contribution < 1.29 is 4.74 Å². The van der Waals surface area contributed by atoms with Crippen LogP contribution in [0.5, 0.6) is 0 Å². The predicted molar refractivity (Wildman–Crippen MR) is 78.4 cm³/mol. The lowest BCUT2D eigenvalue weighted by Gasteiger charge is -2.40. The summed E-state index contributed by atoms with van der Waals surface area (Å²) in [5.41, 5.74) is 0.543. The molecule has 19 heavy (non-hydrogen) atoms. The lowest BCUT2D eigenvalue weighted by atomic mass is 9.85. The molecule has 1 N–H and O–H groups in total. The first kappa shape index (κ1) is 13.8. The second kappa shape index (κ2) is 5.71. The van der Waals surface area contributed by atoms with E-state index in [1.165, 1.54) is 64.7 Å². The third kappa shape index (κ3) is 3.32. The average molecular weight is 266 g/mol. The van der Waals surface area contributed by atoms with Gasteiger partial charge in [0.05, 0.1) is 12.2 Å². The van der Waals surface area contributed by atoms with Gasteiger partial charge in [0.25, 0.3) is 0 Å². The van der Waals surface area contributed by atoms with E-state index in [9.17, 15) is 0 Å². The summed E-state index contributed by atoms with van der Waals surface area (Å²) in [5.74, 6) is 0. The minimum absolute atomic E-state index is 0.537. The Hall–Kier alpha value is -0.120. The summed E-state index contributed by atoms with van der Waals surface area (Å²) in [6.07, 6.45) is 9.34. The van der Waals surface area contributed by atoms with Gasteiger partial charge in [0.15, 0.2) is 0 Å². The highest BCUT2D eigenvalue weighted by molar-refractivity contribution is 4.93. The molecule has 2 aliphatic heterocycles. The SMILES string of the molecule is CC(C)NCC1(CN2CC3CCC(C2)O3)CCCC1. The highest BCUT2D eigenvalue weighted by atomic mass is 16.5. The van der Waals surface area contributed by atoms with Crippen molar-refractivity contribution in [2.45, 2.75) is 70.6 Å². The van der Waals surface area contributed by atoms with Crippen LogP contribution in [0.4, 0.5) is 0 Å². The molecule has 0 aromatic heterocycles. The minimum atomic E-state index is 0.537. The molecule has 2 saturated heterocycles. The topological polar surface area (TPSA) is 24.5 Å². The highest BCUT2D eigenvalue weighted by Crippen LogP contribution is 2.39. The smallest absolute Gasteiger partial charge is 0.0707 e. The molecule has 2 unspecified atom stereocenters. The Balaban J connectivity index is 1.58. The first-order chi connectivity index (χ1) is 9.15. The number of hydrogen-bond donors (Lipinski definition) is 1. The van der Waals surface area contributed by atoms with Gasteiger partial charge in [-0.3, -0.25) is 4.90 Å². The Morgan fingerprint density at radius 1 is 1.16 bits per heavy atom. The molecular weight excluding hydrogens is 236 g/mol. The van der Waals surface area contributed by atoms with Gasteiger partial charge in [-0.2, -0.15) is 0 Å². The Morgan fingerprint density at radius 2 is 1.79 bits per heavy atom. The third-order valence-corrected chi connectivity index (χ3v) is 5.23. The van der Waals surface area contributed by atoms with Crippen molar-refractivity contribution in [3.05, 3.63) is 0 Å². The van der Waals surface area contributed by atoms with Gasteiger partial charge < -0.3 is 10.1 Å². The fraction of sp³-hybridized carbons (Fsp3) is 1.00. The maximum Gasteiger partial charge on any atom is 0.0707 e. The van der Waals surface area contributed by atoms with Crippen LogP contribution in [0.3, 0.4) is 0 Å². The summed E-state index contributed by atoms with van der Waals surface area (Å²) in [5, 5.41) is 3.70. The van der Waals surface area contributed by atoms with E-state index in [2.05, 4.69) is 24.1 Å². The lowest BCUT2D eigenvalue weighted by molar-refractivity contribution is -0.0502. The molecule has 1 aliphatic carbocycles. The zero-order chi connectivity index (χ0) is 13.3. The van der Waals surface area contributed by atoms with Crippen LogP contribution < -0.4 is 5.32 Å². The van der Waals surface area contributed by atoms with Crippen LogP contribution in [0, 0.1) is 5.41 Å². The van der Waals surface area contributed by atoms with Gasteiger partial charge in [0, 0.05) is 32.2 Å². The lowest BCUT2D eigenvalue weighted by Crippen LogP contribution is -2.50. The molecule has 2 heterocycles. The van der Waals surface area contributed by atoms with Gasteiger partial charge in [-0.25, -0.2) is 0 Å². The standard InChI is InChI=1S/C16H30N2O/c1-13(2)17-11-16(7-3-4-8-16)12-18-9-14-5-6-15(10-18)19-14/h13-15,17H,3-12H2,1-2H3. The number of fused-ring (bicyclic) bond motifs is 2. The van der Waals surface area contributed by atoms with Crippen LogP contribution in [-0.4, -0.2) is 49.3 Å². The van der Waals surface area contributed by atoms with Crippen LogP contribution in [0.15, 0.2) is 0 Å². The molecule has 2 atom stereocenters. The molecule has 0 radical (unpaired) electrons. The normalized spacial score (nSPS) is 34.3. The molecule has 0 spiro atoms. The van der Waals surface area contributed by atoms with E-state index < -0.39 is 0 Å². The van der Waals surface area contributed by atoms with Gasteiger partial charge in [-0.1, -0.05) is 26.7 Å². The molecule has 3 nitrogen and oxygen atoms in total. The number of morpholine rings is 1. The Bertz CT molecular complexity index is 287. The van der Waals surface area contributed by atoms with Crippen molar-refractivity contribution in [2.75, 3.05) is 26.2 Å². The second-order valence-electron chi connectivity index (χ2n) is 7.39. The van der Waals surface area contributed by atoms with Gasteiger partial charge >= 0.3 is 0 Å². The van der Waals surface area contributed by atoms with Crippen molar-refractivity contribution in [3.63, 3.8) is 0 Å². The number of hydrogen-bond acceptors (Lipinski definition) is 3. The molecule has 3 rings (SSSR count). The Labute approximate surface area is 118 Å². The van der Waals surface area contributed by atoms with E-state index in [1.807, 2.05) is 0 Å². The molecule has 110 valence electrons. The fourth-order valence-corrected chi connectivity index (χ4v) is 4.24. The van der Waals surface area contributed by atoms with Gasteiger partial charge in [-0.05, 0) is 31.1 Å². The van der Waals surface area contributed by atoms with Crippen LogP contribution in [-0.2, 0) is 4.74 Å². The molecule has 1 saturated carbocycles. The van der Waals surface area contributed by atoms with Gasteiger partial charge in [0.1, 0.15) is 0 Å². The zero-order valence-corrected chi connectivity index (χ0v) is 12.7. The molecule has 2 bridgehead atoms. The van der Waals surface area contributed by atoms with E-state index in [0.717, 1.165) is 0 Å². The van der Waals surface area contributed by atoms with E-state index >= 15 is 0 Å². The monoisotopic (exact) mass is 266 g/mol. The van der Waals surface area contributed by atoms with Crippen LogP contribution in [0.1, 0.15) is 52.4 Å². The third-order valence-electron chi connectivity index (χ3n) is 5.23. The maximum atomic E-state index is 5.97. The molecule has 0 amide bonds. The predicted octanol–water partition coefficient (Wildman–Crippen LogP) is 2.41. The van der Waals surface area contributed by atoms with Crippen molar-refractivity contribution in [3.8, 4) is 0 Å². The van der Waals surface area contributed by atoms with E-state index in [1.54, 1.807) is 0 Å². The van der Waals surface area contributed by atoms with E-state index in [0.29, 0.717) is 23.7 Å². The Morgan fingerprint density at radius 3 is 2.37 bits per heavy atom. The number of rotatable bonds is 5. The number of ether oxygens (including phenoxy) is 1. The summed E-state index contributed by atoms with van der Waals surface area (Å²) in [7, 11) is 0. The maximum absolute atomic E-state index is 5.97. The van der Waals surface area contributed by atoms with Gasteiger partial charge in [0.2, 0.25) is 0 Å². The molecule has 3 heteroatoms. The minimum Gasteiger partial charge on any atom is -0.372 e. The van der Waals surface area contributed by atoms with E-state index in [-0.39, 0.29) is 0 Å². The number of likely N-dealkylation sites (tertiary alicyclic amines) is 1. The fourth-order valence-electron chi connectivity index (χ4n) is 4.24. The van der Waals surface area contributed by atoms with Crippen LogP contribution in [0.2, 0.25) is 0 Å². The quantitative estimate of drug-likeness (QED) is 0.827. The van der Waals surface area contributed by atoms with Crippen LogP contribution in [0.25, 0.3) is 0 Å². The summed E-state index contributed by atoms with van der Waals surface area (Å²) in [6.45, 7) is 9.38. The van der Waals surface area contributed by atoms with E-state index in [4.69, 9.17) is 4.74 Å². The second-order valence-corrected chi connectivity index (χ2v) is 7.39. The average Bonchev–Trinajstić information content (AvgIpc) is 2.95. The summed E-state index contributed by atoms with van der Waals surface area (Å²) >= 11 is 0. The summed E-state index contributed by atoms with van der Waals surface area (Å²) in [4.78, 5) is 2.71. The molecule has 0 aromatic rings. The molecule has 0 aromatic carbocycles. The first-order valence-corrected chi connectivity index (χ1v) is 8.26.